The van der Waals surface area contributed by atoms with Crippen LogP contribution in [0.25, 0.3) is 0 Å². The average Bonchev–Trinajstić information content (AvgIpc) is 2.60. The van der Waals surface area contributed by atoms with Gasteiger partial charge in [-0.15, -0.1) is 0 Å². The standard InChI is InChI=1S/C19H28N2O3S/c1-15(2)14-20-19(22)17-9-6-10-18(13-17)25(23,24)21-12-11-16-7-4-3-5-8-16/h6-7,9-10,13,15,21H,3-5,8,11-12,14H2,1-2H3,(H,20,22). The molecule has 5 nitrogen and oxygen atoms in total. The summed E-state index contributed by atoms with van der Waals surface area (Å²) in [6.45, 7) is 4.96. The van der Waals surface area contributed by atoms with E-state index in [9.17, 15) is 13.2 Å². The zero-order chi connectivity index (χ0) is 18.3. The first-order valence-corrected chi connectivity index (χ1v) is 10.4. The van der Waals surface area contributed by atoms with Crippen molar-refractivity contribution in [1.29, 1.82) is 0 Å². The van der Waals surface area contributed by atoms with E-state index in [4.69, 9.17) is 0 Å². The van der Waals surface area contributed by atoms with E-state index in [-0.39, 0.29) is 10.8 Å². The minimum absolute atomic E-state index is 0.127. The summed E-state index contributed by atoms with van der Waals surface area (Å²) in [4.78, 5) is 12.2. The van der Waals surface area contributed by atoms with Crippen LogP contribution in [0.15, 0.2) is 40.8 Å². The number of rotatable bonds is 8. The molecule has 0 fully saturated rings. The van der Waals surface area contributed by atoms with Crippen molar-refractivity contribution < 1.29 is 13.2 Å². The van der Waals surface area contributed by atoms with Gasteiger partial charge in [0.25, 0.3) is 5.91 Å². The van der Waals surface area contributed by atoms with Gasteiger partial charge in [-0.25, -0.2) is 13.1 Å². The van der Waals surface area contributed by atoms with E-state index in [2.05, 4.69) is 16.1 Å². The average molecular weight is 365 g/mol. The highest BCUT2D eigenvalue weighted by atomic mass is 32.2. The van der Waals surface area contributed by atoms with Gasteiger partial charge in [0.15, 0.2) is 0 Å². The van der Waals surface area contributed by atoms with E-state index < -0.39 is 10.0 Å². The maximum Gasteiger partial charge on any atom is 0.251 e. The molecule has 25 heavy (non-hydrogen) atoms. The lowest BCUT2D eigenvalue weighted by molar-refractivity contribution is 0.0949. The van der Waals surface area contributed by atoms with Crippen LogP contribution in [-0.4, -0.2) is 27.4 Å². The van der Waals surface area contributed by atoms with Gasteiger partial charge in [-0.2, -0.15) is 0 Å². The monoisotopic (exact) mass is 364 g/mol. The number of nitrogens with one attached hydrogen (secondary N) is 2. The van der Waals surface area contributed by atoms with E-state index in [1.54, 1.807) is 12.1 Å². The quantitative estimate of drug-likeness (QED) is 0.695. The molecule has 0 saturated heterocycles. The van der Waals surface area contributed by atoms with Crippen molar-refractivity contribution in [1.82, 2.24) is 10.0 Å². The van der Waals surface area contributed by atoms with Gasteiger partial charge >= 0.3 is 0 Å². The number of carbonyl (C=O) groups is 1. The largest absolute Gasteiger partial charge is 0.352 e. The predicted octanol–water partition coefficient (Wildman–Crippen LogP) is 3.24. The maximum atomic E-state index is 12.5. The van der Waals surface area contributed by atoms with E-state index in [0.29, 0.717) is 24.6 Å². The van der Waals surface area contributed by atoms with Gasteiger partial charge in [-0.05, 0) is 56.2 Å². The zero-order valence-corrected chi connectivity index (χ0v) is 15.9. The molecule has 0 unspecified atom stereocenters. The Morgan fingerprint density at radius 1 is 1.24 bits per heavy atom. The molecule has 0 bridgehead atoms. The molecular formula is C19H28N2O3S. The third-order valence-corrected chi connectivity index (χ3v) is 5.66. The fraction of sp³-hybridized carbons (Fsp3) is 0.526. The molecule has 1 aliphatic carbocycles. The summed E-state index contributed by atoms with van der Waals surface area (Å²) in [5, 5.41) is 2.80. The lowest BCUT2D eigenvalue weighted by Crippen LogP contribution is -2.28. The van der Waals surface area contributed by atoms with Crippen LogP contribution in [0, 0.1) is 5.92 Å². The lowest BCUT2D eigenvalue weighted by Gasteiger charge is -2.13. The Balaban J connectivity index is 1.97. The molecule has 6 heteroatoms. The summed E-state index contributed by atoms with van der Waals surface area (Å²) in [5.74, 6) is 0.0877. The summed E-state index contributed by atoms with van der Waals surface area (Å²) in [6.07, 6.45) is 7.53. The molecule has 0 radical (unpaired) electrons. The highest BCUT2D eigenvalue weighted by Crippen LogP contribution is 2.20. The smallest absolute Gasteiger partial charge is 0.251 e. The lowest BCUT2D eigenvalue weighted by atomic mass is 9.97. The summed E-state index contributed by atoms with van der Waals surface area (Å²) >= 11 is 0. The molecule has 2 rings (SSSR count). The van der Waals surface area contributed by atoms with E-state index in [1.807, 2.05) is 13.8 Å². The highest BCUT2D eigenvalue weighted by molar-refractivity contribution is 7.89. The predicted molar refractivity (Wildman–Crippen MR) is 100.0 cm³/mol. The molecule has 1 aromatic carbocycles. The van der Waals surface area contributed by atoms with Gasteiger partial charge in [0.1, 0.15) is 0 Å². The molecule has 0 atom stereocenters. The normalized spacial score (nSPS) is 15.1. The van der Waals surface area contributed by atoms with Crippen molar-refractivity contribution in [3.63, 3.8) is 0 Å². The van der Waals surface area contributed by atoms with Gasteiger partial charge in [-0.1, -0.05) is 31.6 Å². The summed E-state index contributed by atoms with van der Waals surface area (Å²) in [7, 11) is -3.61. The fourth-order valence-corrected chi connectivity index (χ4v) is 3.84. The number of benzene rings is 1. The SMILES string of the molecule is CC(C)CNC(=O)c1cccc(S(=O)(=O)NCCC2=CCCCC2)c1. The van der Waals surface area contributed by atoms with Gasteiger partial charge in [-0.3, -0.25) is 4.79 Å². The number of hydrogen-bond acceptors (Lipinski definition) is 3. The van der Waals surface area contributed by atoms with Crippen LogP contribution in [-0.2, 0) is 10.0 Å². The van der Waals surface area contributed by atoms with Gasteiger partial charge in [0, 0.05) is 18.7 Å². The van der Waals surface area contributed by atoms with E-state index in [1.165, 1.54) is 30.5 Å². The molecule has 0 heterocycles. The molecule has 1 aromatic rings. The molecule has 0 saturated carbocycles. The second-order valence-electron chi connectivity index (χ2n) is 6.89. The molecular weight excluding hydrogens is 336 g/mol. The van der Waals surface area contributed by atoms with Crippen LogP contribution >= 0.6 is 0 Å². The number of amides is 1. The van der Waals surface area contributed by atoms with Crippen molar-refractivity contribution in [3.8, 4) is 0 Å². The Labute approximate surface area is 151 Å². The third kappa shape index (κ3) is 6.29. The van der Waals surface area contributed by atoms with E-state index in [0.717, 1.165) is 19.3 Å². The van der Waals surface area contributed by atoms with Crippen molar-refractivity contribution in [3.05, 3.63) is 41.5 Å². The first-order valence-electron chi connectivity index (χ1n) is 8.94. The second-order valence-corrected chi connectivity index (χ2v) is 8.65. The third-order valence-electron chi connectivity index (χ3n) is 4.20. The Morgan fingerprint density at radius 3 is 2.72 bits per heavy atom. The Kier molecular flexibility index (Phi) is 7.20. The molecule has 0 aliphatic heterocycles. The Bertz CT molecular complexity index is 724. The van der Waals surface area contributed by atoms with Crippen molar-refractivity contribution in [2.75, 3.05) is 13.1 Å². The summed E-state index contributed by atoms with van der Waals surface area (Å²) < 4.78 is 27.5. The first-order chi connectivity index (χ1) is 11.9. The van der Waals surface area contributed by atoms with Crippen LogP contribution in [0.1, 0.15) is 56.3 Å². The van der Waals surface area contributed by atoms with Crippen LogP contribution in [0.2, 0.25) is 0 Å². The summed E-state index contributed by atoms with van der Waals surface area (Å²) in [6, 6.07) is 6.17. The number of hydrogen-bond donors (Lipinski definition) is 2. The van der Waals surface area contributed by atoms with Crippen molar-refractivity contribution in [2.45, 2.75) is 50.8 Å². The Morgan fingerprint density at radius 2 is 2.04 bits per heavy atom. The number of sulfonamides is 1. The first kappa shape index (κ1) is 19.7. The van der Waals surface area contributed by atoms with Gasteiger partial charge in [0.2, 0.25) is 10.0 Å². The molecule has 1 amide bonds. The molecule has 0 aromatic heterocycles. The van der Waals surface area contributed by atoms with Crippen molar-refractivity contribution in [2.24, 2.45) is 5.92 Å². The highest BCUT2D eigenvalue weighted by Gasteiger charge is 2.16. The van der Waals surface area contributed by atoms with Gasteiger partial charge in [0.05, 0.1) is 4.90 Å². The molecule has 2 N–H and O–H groups in total. The van der Waals surface area contributed by atoms with Gasteiger partial charge < -0.3 is 5.32 Å². The number of carbonyl (C=O) groups excluding carboxylic acids is 1. The van der Waals surface area contributed by atoms with Crippen LogP contribution in [0.5, 0.6) is 0 Å². The summed E-state index contributed by atoms with van der Waals surface area (Å²) in [5.41, 5.74) is 1.69. The maximum absolute atomic E-state index is 12.5. The fourth-order valence-electron chi connectivity index (χ4n) is 2.76. The molecule has 1 aliphatic rings. The van der Waals surface area contributed by atoms with E-state index >= 15 is 0 Å². The zero-order valence-electron chi connectivity index (χ0n) is 15.0. The van der Waals surface area contributed by atoms with Crippen LogP contribution in [0.4, 0.5) is 0 Å². The minimum Gasteiger partial charge on any atom is -0.352 e. The van der Waals surface area contributed by atoms with Crippen LogP contribution in [0.3, 0.4) is 0 Å². The molecule has 138 valence electrons. The number of allylic oxidation sites excluding steroid dienone is 1. The topological polar surface area (TPSA) is 75.3 Å². The Hall–Kier alpha value is -1.66. The molecule has 0 spiro atoms. The minimum atomic E-state index is -3.61. The second kappa shape index (κ2) is 9.15. The van der Waals surface area contributed by atoms with Crippen molar-refractivity contribution >= 4 is 15.9 Å². The van der Waals surface area contributed by atoms with Crippen LogP contribution < -0.4 is 10.0 Å².